The molecule has 132 valence electrons. The van der Waals surface area contributed by atoms with Crippen LogP contribution in [-0.2, 0) is 24.2 Å². The first-order valence-electron chi connectivity index (χ1n) is 8.72. The number of hydrogen-bond donors (Lipinski definition) is 1. The molecule has 1 amide bonds. The van der Waals surface area contributed by atoms with Gasteiger partial charge < -0.3 is 5.32 Å². The molecular formula is C22H22ClN2O+. The van der Waals surface area contributed by atoms with Gasteiger partial charge in [-0.15, -0.1) is 0 Å². The third-order valence-corrected chi connectivity index (χ3v) is 4.44. The van der Waals surface area contributed by atoms with Gasteiger partial charge in [-0.1, -0.05) is 54.1 Å². The Morgan fingerprint density at radius 3 is 2.19 bits per heavy atom. The summed E-state index contributed by atoms with van der Waals surface area (Å²) < 4.78 is 1.89. The second-order valence-electron chi connectivity index (χ2n) is 6.27. The predicted molar refractivity (Wildman–Crippen MR) is 104 cm³/mol. The van der Waals surface area contributed by atoms with E-state index in [1.54, 1.807) is 0 Å². The van der Waals surface area contributed by atoms with E-state index in [2.05, 4.69) is 29.6 Å². The molecular weight excluding hydrogens is 344 g/mol. The van der Waals surface area contributed by atoms with Gasteiger partial charge in [0.15, 0.2) is 12.4 Å². The van der Waals surface area contributed by atoms with Gasteiger partial charge in [-0.05, 0) is 41.7 Å². The van der Waals surface area contributed by atoms with Gasteiger partial charge in [0.05, 0.1) is 0 Å². The predicted octanol–water partition coefficient (Wildman–Crippen LogP) is 3.58. The monoisotopic (exact) mass is 365 g/mol. The molecule has 1 heterocycles. The highest BCUT2D eigenvalue weighted by atomic mass is 35.5. The smallest absolute Gasteiger partial charge is 0.285 e. The van der Waals surface area contributed by atoms with Crippen molar-refractivity contribution in [1.82, 2.24) is 5.32 Å². The van der Waals surface area contributed by atoms with E-state index in [1.165, 1.54) is 11.1 Å². The molecule has 1 aromatic heterocycles. The van der Waals surface area contributed by atoms with E-state index >= 15 is 0 Å². The molecule has 0 fully saturated rings. The Morgan fingerprint density at radius 1 is 0.846 bits per heavy atom. The van der Waals surface area contributed by atoms with Crippen LogP contribution >= 0.6 is 11.6 Å². The maximum Gasteiger partial charge on any atom is 0.285 e. The quantitative estimate of drug-likeness (QED) is 0.638. The molecule has 4 heteroatoms. The summed E-state index contributed by atoms with van der Waals surface area (Å²) in [7, 11) is 0. The average molecular weight is 366 g/mol. The maximum absolute atomic E-state index is 12.1. The summed E-state index contributed by atoms with van der Waals surface area (Å²) in [6.45, 7) is 0.944. The van der Waals surface area contributed by atoms with Crippen LogP contribution in [0.1, 0.15) is 16.7 Å². The number of carbonyl (C=O) groups is 1. The summed E-state index contributed by atoms with van der Waals surface area (Å²) in [6, 6.07) is 22.2. The Kier molecular flexibility index (Phi) is 6.39. The Bertz CT molecular complexity index is 830. The minimum Gasteiger partial charge on any atom is -0.350 e. The molecule has 0 radical (unpaired) electrons. The van der Waals surface area contributed by atoms with Crippen LogP contribution in [0.3, 0.4) is 0 Å². The Morgan fingerprint density at radius 2 is 1.50 bits per heavy atom. The lowest BCUT2D eigenvalue weighted by molar-refractivity contribution is -0.684. The molecule has 0 unspecified atom stereocenters. The second kappa shape index (κ2) is 9.16. The highest BCUT2D eigenvalue weighted by Gasteiger charge is 2.09. The van der Waals surface area contributed by atoms with E-state index in [1.807, 2.05) is 59.4 Å². The summed E-state index contributed by atoms with van der Waals surface area (Å²) in [5, 5.41) is 3.68. The Hall–Kier alpha value is -2.65. The van der Waals surface area contributed by atoms with Crippen LogP contribution < -0.4 is 9.88 Å². The molecule has 0 aliphatic heterocycles. The average Bonchev–Trinajstić information content (AvgIpc) is 2.66. The van der Waals surface area contributed by atoms with Gasteiger partial charge in [-0.25, -0.2) is 0 Å². The second-order valence-corrected chi connectivity index (χ2v) is 6.70. The lowest BCUT2D eigenvalue weighted by atomic mass is 10.1. The van der Waals surface area contributed by atoms with Gasteiger partial charge in [0.2, 0.25) is 6.54 Å². The standard InChI is InChI=1S/C22H21ClN2O/c23-21-8-6-18(7-9-21)10-13-24-22(26)17-25-14-11-20(12-15-25)16-19-4-2-1-3-5-19/h1-9,11-12,14-15H,10,13,16-17H2/p+1. The fraction of sp³-hybridized carbons (Fsp3) is 0.182. The van der Waals surface area contributed by atoms with E-state index in [-0.39, 0.29) is 5.91 Å². The number of rotatable bonds is 7. The van der Waals surface area contributed by atoms with Crippen molar-refractivity contribution in [1.29, 1.82) is 0 Å². The fourth-order valence-corrected chi connectivity index (χ4v) is 2.89. The van der Waals surface area contributed by atoms with Gasteiger partial charge in [0.1, 0.15) is 0 Å². The van der Waals surface area contributed by atoms with E-state index in [9.17, 15) is 4.79 Å². The van der Waals surface area contributed by atoms with Crippen molar-refractivity contribution in [3.05, 3.63) is 101 Å². The molecule has 3 aromatic rings. The van der Waals surface area contributed by atoms with Crippen LogP contribution in [0.25, 0.3) is 0 Å². The van der Waals surface area contributed by atoms with E-state index < -0.39 is 0 Å². The van der Waals surface area contributed by atoms with E-state index in [4.69, 9.17) is 11.6 Å². The molecule has 0 aliphatic carbocycles. The first-order chi connectivity index (χ1) is 12.7. The SMILES string of the molecule is O=C(C[n+]1ccc(Cc2ccccc2)cc1)NCCc1ccc(Cl)cc1. The molecule has 2 aromatic carbocycles. The fourth-order valence-electron chi connectivity index (χ4n) is 2.76. The number of pyridine rings is 1. The number of aromatic nitrogens is 1. The zero-order valence-electron chi connectivity index (χ0n) is 14.6. The largest absolute Gasteiger partial charge is 0.350 e. The van der Waals surface area contributed by atoms with Crippen molar-refractivity contribution in [3.63, 3.8) is 0 Å². The first-order valence-corrected chi connectivity index (χ1v) is 9.10. The molecule has 26 heavy (non-hydrogen) atoms. The van der Waals surface area contributed by atoms with E-state index in [0.29, 0.717) is 13.1 Å². The normalized spacial score (nSPS) is 10.5. The summed E-state index contributed by atoms with van der Waals surface area (Å²) in [4.78, 5) is 12.1. The number of carbonyl (C=O) groups excluding carboxylic acids is 1. The molecule has 0 atom stereocenters. The third-order valence-electron chi connectivity index (χ3n) is 4.19. The number of benzene rings is 2. The van der Waals surface area contributed by atoms with Crippen molar-refractivity contribution in [2.24, 2.45) is 0 Å². The van der Waals surface area contributed by atoms with Crippen molar-refractivity contribution >= 4 is 17.5 Å². The lowest BCUT2D eigenvalue weighted by Crippen LogP contribution is -2.42. The molecule has 0 bridgehead atoms. The highest BCUT2D eigenvalue weighted by molar-refractivity contribution is 6.30. The van der Waals surface area contributed by atoms with Gasteiger partial charge in [0.25, 0.3) is 5.91 Å². The van der Waals surface area contributed by atoms with Gasteiger partial charge in [0, 0.05) is 23.7 Å². The van der Waals surface area contributed by atoms with Gasteiger partial charge in [-0.3, -0.25) is 4.79 Å². The molecule has 0 saturated heterocycles. The van der Waals surface area contributed by atoms with Crippen molar-refractivity contribution < 1.29 is 9.36 Å². The summed E-state index contributed by atoms with van der Waals surface area (Å²) in [5.74, 6) is 0.0137. The van der Waals surface area contributed by atoms with Crippen molar-refractivity contribution in [3.8, 4) is 0 Å². The van der Waals surface area contributed by atoms with E-state index in [0.717, 1.165) is 23.4 Å². The maximum atomic E-state index is 12.1. The molecule has 0 aliphatic rings. The highest BCUT2D eigenvalue weighted by Crippen LogP contribution is 2.09. The number of nitrogens with zero attached hydrogens (tertiary/aromatic N) is 1. The van der Waals surface area contributed by atoms with Crippen LogP contribution in [0.2, 0.25) is 5.02 Å². The van der Waals surface area contributed by atoms with Crippen molar-refractivity contribution in [2.45, 2.75) is 19.4 Å². The topological polar surface area (TPSA) is 33.0 Å². The number of amides is 1. The lowest BCUT2D eigenvalue weighted by Gasteiger charge is -2.04. The van der Waals surface area contributed by atoms with Crippen LogP contribution in [0.5, 0.6) is 0 Å². The Labute approximate surface area is 159 Å². The third kappa shape index (κ3) is 5.71. The van der Waals surface area contributed by atoms with Gasteiger partial charge >= 0.3 is 0 Å². The Balaban J connectivity index is 1.44. The molecule has 0 saturated carbocycles. The van der Waals surface area contributed by atoms with Gasteiger partial charge in [-0.2, -0.15) is 4.57 Å². The number of nitrogens with one attached hydrogen (secondary N) is 1. The number of halogens is 1. The van der Waals surface area contributed by atoms with Crippen molar-refractivity contribution in [2.75, 3.05) is 6.54 Å². The van der Waals surface area contributed by atoms with Crippen LogP contribution in [-0.4, -0.2) is 12.5 Å². The minimum atomic E-state index is 0.0137. The molecule has 0 spiro atoms. The van der Waals surface area contributed by atoms with Crippen LogP contribution in [0.15, 0.2) is 79.1 Å². The zero-order valence-corrected chi connectivity index (χ0v) is 15.3. The number of hydrogen-bond acceptors (Lipinski definition) is 1. The zero-order chi connectivity index (χ0) is 18.2. The molecule has 1 N–H and O–H groups in total. The molecule has 3 nitrogen and oxygen atoms in total. The summed E-state index contributed by atoms with van der Waals surface area (Å²) in [6.07, 6.45) is 5.60. The first kappa shape index (κ1) is 18.2. The van der Waals surface area contributed by atoms with Crippen LogP contribution in [0, 0.1) is 0 Å². The minimum absolute atomic E-state index is 0.0137. The summed E-state index contributed by atoms with van der Waals surface area (Å²) in [5.41, 5.74) is 3.67. The summed E-state index contributed by atoms with van der Waals surface area (Å²) >= 11 is 5.87. The van der Waals surface area contributed by atoms with Crippen LogP contribution in [0.4, 0.5) is 0 Å². The molecule has 3 rings (SSSR count).